The molecule has 3 heteroatoms. The maximum Gasteiger partial charge on any atom is 0.112 e. The highest BCUT2D eigenvalue weighted by Crippen LogP contribution is 2.01. The SMILES string of the molecule is CCCCN1CN(C)C=N1. The van der Waals surface area contributed by atoms with Crippen molar-refractivity contribution in [1.29, 1.82) is 0 Å². The Morgan fingerprint density at radius 1 is 1.60 bits per heavy atom. The lowest BCUT2D eigenvalue weighted by Gasteiger charge is -2.14. The minimum absolute atomic E-state index is 0.958. The Morgan fingerprint density at radius 3 is 2.90 bits per heavy atom. The van der Waals surface area contributed by atoms with Crippen LogP contribution >= 0.6 is 0 Å². The van der Waals surface area contributed by atoms with Gasteiger partial charge in [-0.05, 0) is 6.42 Å². The van der Waals surface area contributed by atoms with Crippen LogP contribution in [0.25, 0.3) is 0 Å². The number of hydrogen-bond acceptors (Lipinski definition) is 3. The second-order valence-electron chi connectivity index (χ2n) is 2.71. The molecule has 1 rings (SSSR count). The fraction of sp³-hybridized carbons (Fsp3) is 0.857. The van der Waals surface area contributed by atoms with E-state index in [9.17, 15) is 0 Å². The molecule has 0 aromatic rings. The molecule has 0 atom stereocenters. The van der Waals surface area contributed by atoms with Gasteiger partial charge in [-0.15, -0.1) is 0 Å². The monoisotopic (exact) mass is 141 g/mol. The third-order valence-electron chi connectivity index (χ3n) is 1.57. The molecule has 0 aliphatic carbocycles. The number of unbranched alkanes of at least 4 members (excludes halogenated alkanes) is 1. The van der Waals surface area contributed by atoms with E-state index in [2.05, 4.69) is 21.9 Å². The molecule has 10 heavy (non-hydrogen) atoms. The maximum atomic E-state index is 4.19. The van der Waals surface area contributed by atoms with Crippen molar-refractivity contribution in [1.82, 2.24) is 9.91 Å². The van der Waals surface area contributed by atoms with Gasteiger partial charge in [0.15, 0.2) is 0 Å². The van der Waals surface area contributed by atoms with Crippen molar-refractivity contribution in [3.05, 3.63) is 0 Å². The smallest absolute Gasteiger partial charge is 0.112 e. The fourth-order valence-electron chi connectivity index (χ4n) is 0.961. The van der Waals surface area contributed by atoms with Crippen LogP contribution in [-0.4, -0.2) is 36.5 Å². The lowest BCUT2D eigenvalue weighted by Crippen LogP contribution is -2.23. The predicted molar refractivity (Wildman–Crippen MR) is 42.7 cm³/mol. The molecular weight excluding hydrogens is 126 g/mol. The predicted octanol–water partition coefficient (Wildman–Crippen LogP) is 0.935. The van der Waals surface area contributed by atoms with E-state index in [0.717, 1.165) is 13.2 Å². The molecule has 0 radical (unpaired) electrons. The maximum absolute atomic E-state index is 4.19. The molecule has 0 bridgehead atoms. The van der Waals surface area contributed by atoms with Gasteiger partial charge in [0.2, 0.25) is 0 Å². The van der Waals surface area contributed by atoms with Crippen LogP contribution in [0.15, 0.2) is 5.10 Å². The number of hydrogen-bond donors (Lipinski definition) is 0. The van der Waals surface area contributed by atoms with Crippen molar-refractivity contribution in [3.63, 3.8) is 0 Å². The Bertz CT molecular complexity index is 122. The van der Waals surface area contributed by atoms with Crippen LogP contribution in [-0.2, 0) is 0 Å². The van der Waals surface area contributed by atoms with Gasteiger partial charge in [-0.1, -0.05) is 13.3 Å². The normalized spacial score (nSPS) is 17.0. The molecule has 0 amide bonds. The molecule has 0 spiro atoms. The average molecular weight is 141 g/mol. The Hall–Kier alpha value is -0.730. The van der Waals surface area contributed by atoms with E-state index in [1.807, 2.05) is 13.4 Å². The summed E-state index contributed by atoms with van der Waals surface area (Å²) >= 11 is 0. The third kappa shape index (κ3) is 1.90. The molecule has 0 saturated heterocycles. The molecule has 0 fully saturated rings. The first kappa shape index (κ1) is 7.38. The summed E-state index contributed by atoms with van der Waals surface area (Å²) < 4.78 is 0. The van der Waals surface area contributed by atoms with E-state index in [1.54, 1.807) is 0 Å². The fourth-order valence-corrected chi connectivity index (χ4v) is 0.961. The van der Waals surface area contributed by atoms with Gasteiger partial charge >= 0.3 is 0 Å². The van der Waals surface area contributed by atoms with E-state index >= 15 is 0 Å². The molecule has 0 N–H and O–H groups in total. The van der Waals surface area contributed by atoms with Crippen molar-refractivity contribution < 1.29 is 0 Å². The van der Waals surface area contributed by atoms with Gasteiger partial charge in [-0.3, -0.25) is 5.01 Å². The van der Waals surface area contributed by atoms with Crippen LogP contribution in [0.4, 0.5) is 0 Å². The topological polar surface area (TPSA) is 18.8 Å². The zero-order valence-corrected chi connectivity index (χ0v) is 6.75. The first-order valence-corrected chi connectivity index (χ1v) is 3.82. The van der Waals surface area contributed by atoms with Gasteiger partial charge in [-0.2, -0.15) is 5.10 Å². The van der Waals surface area contributed by atoms with Crippen LogP contribution < -0.4 is 0 Å². The highest BCUT2D eigenvalue weighted by molar-refractivity contribution is 5.55. The Labute approximate surface area is 62.3 Å². The first-order chi connectivity index (χ1) is 4.83. The molecule has 1 aliphatic heterocycles. The number of hydrazone groups is 1. The summed E-state index contributed by atoms with van der Waals surface area (Å²) in [6, 6.07) is 0. The van der Waals surface area contributed by atoms with E-state index < -0.39 is 0 Å². The van der Waals surface area contributed by atoms with Crippen LogP contribution in [0.5, 0.6) is 0 Å². The highest BCUT2D eigenvalue weighted by atomic mass is 15.6. The first-order valence-electron chi connectivity index (χ1n) is 3.82. The summed E-state index contributed by atoms with van der Waals surface area (Å²) in [5.74, 6) is 0. The summed E-state index contributed by atoms with van der Waals surface area (Å²) in [4.78, 5) is 2.08. The second-order valence-corrected chi connectivity index (χ2v) is 2.71. The molecule has 0 aromatic carbocycles. The van der Waals surface area contributed by atoms with Crippen LogP contribution in [0.3, 0.4) is 0 Å². The van der Waals surface area contributed by atoms with E-state index in [1.165, 1.54) is 12.8 Å². The molecule has 0 unspecified atom stereocenters. The minimum Gasteiger partial charge on any atom is -0.345 e. The summed E-state index contributed by atoms with van der Waals surface area (Å²) in [7, 11) is 2.04. The molecule has 58 valence electrons. The summed E-state index contributed by atoms with van der Waals surface area (Å²) in [6.07, 6.45) is 4.36. The third-order valence-corrected chi connectivity index (χ3v) is 1.57. The van der Waals surface area contributed by atoms with Crippen LogP contribution in [0.2, 0.25) is 0 Å². The zero-order chi connectivity index (χ0) is 7.40. The lowest BCUT2D eigenvalue weighted by molar-refractivity contribution is 0.249. The Balaban J connectivity index is 2.14. The number of rotatable bonds is 3. The summed E-state index contributed by atoms with van der Waals surface area (Å²) in [5.41, 5.74) is 0. The van der Waals surface area contributed by atoms with Gasteiger partial charge in [0, 0.05) is 13.6 Å². The molecule has 1 heterocycles. The zero-order valence-electron chi connectivity index (χ0n) is 6.75. The summed E-state index contributed by atoms with van der Waals surface area (Å²) in [5, 5.41) is 6.28. The van der Waals surface area contributed by atoms with Crippen LogP contribution in [0, 0.1) is 0 Å². The van der Waals surface area contributed by atoms with E-state index in [4.69, 9.17) is 0 Å². The van der Waals surface area contributed by atoms with E-state index in [0.29, 0.717) is 0 Å². The van der Waals surface area contributed by atoms with Crippen molar-refractivity contribution in [3.8, 4) is 0 Å². The van der Waals surface area contributed by atoms with Gasteiger partial charge in [0.05, 0.1) is 0 Å². The Morgan fingerprint density at radius 2 is 2.40 bits per heavy atom. The van der Waals surface area contributed by atoms with Crippen LogP contribution in [0.1, 0.15) is 19.8 Å². The molecule has 1 aliphatic rings. The lowest BCUT2D eigenvalue weighted by atomic mass is 10.3. The van der Waals surface area contributed by atoms with Gasteiger partial charge in [0.25, 0.3) is 0 Å². The van der Waals surface area contributed by atoms with Crippen molar-refractivity contribution in [2.75, 3.05) is 20.3 Å². The quantitative estimate of drug-likeness (QED) is 0.582. The Kier molecular flexibility index (Phi) is 2.54. The molecular formula is C7H15N3. The van der Waals surface area contributed by atoms with E-state index in [-0.39, 0.29) is 0 Å². The van der Waals surface area contributed by atoms with Gasteiger partial charge in [-0.25, -0.2) is 0 Å². The van der Waals surface area contributed by atoms with Crippen molar-refractivity contribution in [2.24, 2.45) is 5.10 Å². The minimum atomic E-state index is 0.958. The second kappa shape index (κ2) is 3.44. The standard InChI is InChI=1S/C7H15N3/c1-3-4-5-10-7-9(2)6-8-10/h6H,3-5,7H2,1-2H3. The molecule has 0 saturated carbocycles. The highest BCUT2D eigenvalue weighted by Gasteiger charge is 2.07. The van der Waals surface area contributed by atoms with Crippen molar-refractivity contribution >= 4 is 6.34 Å². The van der Waals surface area contributed by atoms with Gasteiger partial charge in [0.1, 0.15) is 13.0 Å². The number of nitrogens with zero attached hydrogens (tertiary/aromatic N) is 3. The molecule has 0 aromatic heterocycles. The largest absolute Gasteiger partial charge is 0.345 e. The summed E-state index contributed by atoms with van der Waals surface area (Å²) in [6.45, 7) is 4.25. The average Bonchev–Trinajstić information content (AvgIpc) is 2.31. The molecule has 3 nitrogen and oxygen atoms in total. The van der Waals surface area contributed by atoms with Crippen molar-refractivity contribution in [2.45, 2.75) is 19.8 Å². The van der Waals surface area contributed by atoms with Gasteiger partial charge < -0.3 is 4.90 Å².